The molecular formula is C12H14ClN3O2. The van der Waals surface area contributed by atoms with Crippen LogP contribution in [-0.2, 0) is 7.05 Å². The Balaban J connectivity index is 2.67. The van der Waals surface area contributed by atoms with Gasteiger partial charge in [0.1, 0.15) is 17.3 Å². The zero-order chi connectivity index (χ0) is 13.3. The summed E-state index contributed by atoms with van der Waals surface area (Å²) in [6, 6.07) is 3.47. The topological polar surface area (TPSA) is 62.3 Å². The van der Waals surface area contributed by atoms with Crippen molar-refractivity contribution in [2.24, 2.45) is 7.05 Å². The van der Waals surface area contributed by atoms with Gasteiger partial charge in [0.2, 0.25) is 0 Å². The number of ether oxygens (including phenoxy) is 2. The molecular weight excluding hydrogens is 254 g/mol. The van der Waals surface area contributed by atoms with Gasteiger partial charge in [-0.05, 0) is 6.07 Å². The molecule has 0 radical (unpaired) electrons. The van der Waals surface area contributed by atoms with Crippen molar-refractivity contribution in [2.75, 3.05) is 20.0 Å². The molecule has 2 rings (SSSR count). The maximum Gasteiger partial charge on any atom is 0.132 e. The lowest BCUT2D eigenvalue weighted by molar-refractivity contribution is 0.395. The molecule has 18 heavy (non-hydrogen) atoms. The minimum atomic E-state index is 0.505. The highest BCUT2D eigenvalue weighted by Gasteiger charge is 2.17. The molecule has 1 aromatic carbocycles. The van der Waals surface area contributed by atoms with Crippen LogP contribution in [0.1, 0.15) is 0 Å². The minimum absolute atomic E-state index is 0.505. The van der Waals surface area contributed by atoms with Gasteiger partial charge in [0.25, 0.3) is 0 Å². The van der Waals surface area contributed by atoms with Crippen molar-refractivity contribution < 1.29 is 9.47 Å². The van der Waals surface area contributed by atoms with E-state index in [0.717, 1.165) is 5.56 Å². The van der Waals surface area contributed by atoms with E-state index >= 15 is 0 Å². The molecule has 0 amide bonds. The largest absolute Gasteiger partial charge is 0.497 e. The number of aromatic nitrogens is 2. The number of nitrogens with two attached hydrogens (primary N) is 1. The van der Waals surface area contributed by atoms with Crippen LogP contribution in [0.5, 0.6) is 11.5 Å². The Bertz CT molecular complexity index is 581. The number of aryl methyl sites for hydroxylation is 1. The number of nitrogens with zero attached hydrogens (tertiary/aromatic N) is 2. The van der Waals surface area contributed by atoms with Crippen LogP contribution in [-0.4, -0.2) is 24.0 Å². The summed E-state index contributed by atoms with van der Waals surface area (Å²) in [7, 11) is 4.91. The summed E-state index contributed by atoms with van der Waals surface area (Å²) < 4.78 is 12.1. The fourth-order valence-corrected chi connectivity index (χ4v) is 2.04. The molecule has 0 saturated heterocycles. The average molecular weight is 268 g/mol. The van der Waals surface area contributed by atoms with Crippen molar-refractivity contribution in [3.8, 4) is 22.6 Å². The predicted octanol–water partition coefficient (Wildman–Crippen LogP) is 2.34. The van der Waals surface area contributed by atoms with E-state index in [2.05, 4.69) is 5.10 Å². The van der Waals surface area contributed by atoms with Crippen LogP contribution in [0.4, 0.5) is 5.82 Å². The Morgan fingerprint density at radius 2 is 2.00 bits per heavy atom. The van der Waals surface area contributed by atoms with Gasteiger partial charge in [0.15, 0.2) is 0 Å². The van der Waals surface area contributed by atoms with Crippen molar-refractivity contribution in [1.29, 1.82) is 0 Å². The van der Waals surface area contributed by atoms with E-state index in [1.165, 1.54) is 0 Å². The summed E-state index contributed by atoms with van der Waals surface area (Å²) >= 11 is 6.26. The van der Waals surface area contributed by atoms with E-state index in [0.29, 0.717) is 27.9 Å². The number of hydrogen-bond acceptors (Lipinski definition) is 4. The van der Waals surface area contributed by atoms with Crippen molar-refractivity contribution in [2.45, 2.75) is 0 Å². The van der Waals surface area contributed by atoms with E-state index in [1.54, 1.807) is 44.3 Å². The Morgan fingerprint density at radius 3 is 2.50 bits per heavy atom. The standard InChI is InChI=1S/C12H14ClN3O2/c1-16-12(14)8(6-15-16)11-9(13)4-7(17-2)5-10(11)18-3/h4-6H,14H2,1-3H3. The van der Waals surface area contributed by atoms with Crippen molar-refractivity contribution in [3.05, 3.63) is 23.4 Å². The van der Waals surface area contributed by atoms with Gasteiger partial charge in [-0.1, -0.05) is 11.6 Å². The molecule has 0 aliphatic carbocycles. The predicted molar refractivity (Wildman–Crippen MR) is 71.2 cm³/mol. The lowest BCUT2D eigenvalue weighted by Crippen LogP contribution is -1.99. The molecule has 0 spiro atoms. The molecule has 0 saturated carbocycles. The first-order valence-corrected chi connectivity index (χ1v) is 5.65. The van der Waals surface area contributed by atoms with Crippen molar-refractivity contribution in [3.63, 3.8) is 0 Å². The minimum Gasteiger partial charge on any atom is -0.497 e. The molecule has 0 unspecified atom stereocenters. The van der Waals surface area contributed by atoms with Gasteiger partial charge in [-0.15, -0.1) is 0 Å². The van der Waals surface area contributed by atoms with Crippen molar-refractivity contribution >= 4 is 17.4 Å². The second-order valence-electron chi connectivity index (χ2n) is 3.75. The molecule has 5 nitrogen and oxygen atoms in total. The molecule has 0 fully saturated rings. The third kappa shape index (κ3) is 1.97. The van der Waals surface area contributed by atoms with E-state index in [9.17, 15) is 0 Å². The summed E-state index contributed by atoms with van der Waals surface area (Å²) in [4.78, 5) is 0. The van der Waals surface area contributed by atoms with Gasteiger partial charge in [-0.3, -0.25) is 4.68 Å². The maximum absolute atomic E-state index is 6.26. The van der Waals surface area contributed by atoms with Crippen LogP contribution in [0.2, 0.25) is 5.02 Å². The summed E-state index contributed by atoms with van der Waals surface area (Å²) in [5.74, 6) is 1.75. The van der Waals surface area contributed by atoms with Gasteiger partial charge in [0.05, 0.1) is 25.4 Å². The molecule has 6 heteroatoms. The molecule has 2 N–H and O–H groups in total. The van der Waals surface area contributed by atoms with Crippen LogP contribution in [0.15, 0.2) is 18.3 Å². The number of benzene rings is 1. The molecule has 0 bridgehead atoms. The first-order valence-electron chi connectivity index (χ1n) is 5.27. The van der Waals surface area contributed by atoms with Gasteiger partial charge < -0.3 is 15.2 Å². The van der Waals surface area contributed by atoms with E-state index in [4.69, 9.17) is 26.8 Å². The van der Waals surface area contributed by atoms with Crippen LogP contribution in [0.3, 0.4) is 0 Å². The highest BCUT2D eigenvalue weighted by Crippen LogP contribution is 2.41. The normalized spacial score (nSPS) is 10.4. The van der Waals surface area contributed by atoms with Crippen LogP contribution < -0.4 is 15.2 Å². The zero-order valence-corrected chi connectivity index (χ0v) is 11.2. The SMILES string of the molecule is COc1cc(Cl)c(-c2cnn(C)c2N)c(OC)c1. The summed E-state index contributed by atoms with van der Waals surface area (Å²) in [6.45, 7) is 0. The monoisotopic (exact) mass is 267 g/mol. The quantitative estimate of drug-likeness (QED) is 0.927. The lowest BCUT2D eigenvalue weighted by atomic mass is 10.1. The summed E-state index contributed by atoms with van der Waals surface area (Å²) in [5.41, 5.74) is 7.40. The second kappa shape index (κ2) is 4.78. The number of methoxy groups -OCH3 is 2. The third-order valence-corrected chi connectivity index (χ3v) is 3.04. The zero-order valence-electron chi connectivity index (χ0n) is 10.4. The molecule has 0 aliphatic heterocycles. The van der Waals surface area contributed by atoms with E-state index < -0.39 is 0 Å². The number of nitrogen functional groups attached to an aromatic ring is 1. The Hall–Kier alpha value is -1.88. The second-order valence-corrected chi connectivity index (χ2v) is 4.16. The maximum atomic E-state index is 6.26. The van der Waals surface area contributed by atoms with Crippen LogP contribution in [0.25, 0.3) is 11.1 Å². The van der Waals surface area contributed by atoms with Gasteiger partial charge in [-0.2, -0.15) is 5.10 Å². The number of anilines is 1. The smallest absolute Gasteiger partial charge is 0.132 e. The van der Waals surface area contributed by atoms with Gasteiger partial charge in [-0.25, -0.2) is 0 Å². The Kier molecular flexibility index (Phi) is 3.34. The van der Waals surface area contributed by atoms with E-state index in [1.807, 2.05) is 0 Å². The van der Waals surface area contributed by atoms with Gasteiger partial charge >= 0.3 is 0 Å². The fraction of sp³-hybridized carbons (Fsp3) is 0.250. The van der Waals surface area contributed by atoms with Crippen molar-refractivity contribution in [1.82, 2.24) is 9.78 Å². The fourth-order valence-electron chi connectivity index (χ4n) is 1.74. The number of rotatable bonds is 3. The first-order chi connectivity index (χ1) is 8.58. The Morgan fingerprint density at radius 1 is 1.28 bits per heavy atom. The molecule has 0 aliphatic rings. The van der Waals surface area contributed by atoms with E-state index in [-0.39, 0.29) is 0 Å². The summed E-state index contributed by atoms with van der Waals surface area (Å²) in [5, 5.41) is 4.60. The summed E-state index contributed by atoms with van der Waals surface area (Å²) in [6.07, 6.45) is 1.66. The van der Waals surface area contributed by atoms with Gasteiger partial charge in [0, 0.05) is 24.2 Å². The first kappa shape index (κ1) is 12.6. The average Bonchev–Trinajstić information content (AvgIpc) is 2.69. The molecule has 2 aromatic rings. The lowest BCUT2D eigenvalue weighted by Gasteiger charge is -2.12. The third-order valence-electron chi connectivity index (χ3n) is 2.74. The van der Waals surface area contributed by atoms with Crippen LogP contribution in [0, 0.1) is 0 Å². The number of halogens is 1. The highest BCUT2D eigenvalue weighted by atomic mass is 35.5. The van der Waals surface area contributed by atoms with Crippen LogP contribution >= 0.6 is 11.6 Å². The molecule has 0 atom stereocenters. The Labute approximate surface area is 110 Å². The molecule has 1 heterocycles. The molecule has 1 aromatic heterocycles. The molecule has 96 valence electrons. The number of hydrogen-bond donors (Lipinski definition) is 1. The highest BCUT2D eigenvalue weighted by molar-refractivity contribution is 6.34.